The quantitative estimate of drug-likeness (QED) is 0.842. The Labute approximate surface area is 160 Å². The molecule has 3 nitrogen and oxygen atoms in total. The predicted molar refractivity (Wildman–Crippen MR) is 107 cm³/mol. The third-order valence-electron chi connectivity index (χ3n) is 5.06. The van der Waals surface area contributed by atoms with E-state index in [-0.39, 0.29) is 31.2 Å². The summed E-state index contributed by atoms with van der Waals surface area (Å²) in [6, 6.07) is 17.8. The van der Waals surface area contributed by atoms with E-state index >= 15 is 0 Å². The molecule has 1 saturated heterocycles. The monoisotopic (exact) mass is 378 g/mol. The SMILES string of the molecule is C.Cl.O=C(CN1CC2CC2(c2ccc(Cl)cc2)C1)Nc1ccccc1. The van der Waals surface area contributed by atoms with Crippen molar-refractivity contribution in [2.24, 2.45) is 5.92 Å². The minimum Gasteiger partial charge on any atom is -0.325 e. The Balaban J connectivity index is 0.00000113. The zero-order valence-corrected chi connectivity index (χ0v) is 14.8. The number of benzene rings is 2. The van der Waals surface area contributed by atoms with Crippen LogP contribution in [-0.2, 0) is 10.2 Å². The van der Waals surface area contributed by atoms with Crippen LogP contribution in [0, 0.1) is 5.92 Å². The van der Waals surface area contributed by atoms with Crippen molar-refractivity contribution >= 4 is 35.6 Å². The fourth-order valence-electron chi connectivity index (χ4n) is 3.86. The molecule has 1 aliphatic carbocycles. The van der Waals surface area contributed by atoms with Crippen molar-refractivity contribution in [3.05, 3.63) is 65.2 Å². The highest BCUT2D eigenvalue weighted by atomic mass is 35.5. The molecule has 0 bridgehead atoms. The van der Waals surface area contributed by atoms with E-state index in [0.717, 1.165) is 23.8 Å². The molecule has 2 aromatic rings. The van der Waals surface area contributed by atoms with Gasteiger partial charge in [-0.25, -0.2) is 0 Å². The molecule has 2 aliphatic rings. The molecule has 4 rings (SSSR count). The Kier molecular flexibility index (Phi) is 6.15. The third-order valence-corrected chi connectivity index (χ3v) is 5.31. The Hall–Kier alpha value is -1.55. The second-order valence-electron chi connectivity index (χ2n) is 6.65. The molecule has 2 aromatic carbocycles. The van der Waals surface area contributed by atoms with Crippen LogP contribution >= 0.6 is 24.0 Å². The highest BCUT2D eigenvalue weighted by molar-refractivity contribution is 6.30. The summed E-state index contributed by atoms with van der Waals surface area (Å²) >= 11 is 5.99. The fraction of sp³-hybridized carbons (Fsp3) is 0.350. The van der Waals surface area contributed by atoms with Gasteiger partial charge in [-0.3, -0.25) is 9.69 Å². The van der Waals surface area contributed by atoms with E-state index in [1.165, 1.54) is 12.0 Å². The van der Waals surface area contributed by atoms with E-state index in [1.807, 2.05) is 42.5 Å². The number of hydrogen-bond donors (Lipinski definition) is 1. The van der Waals surface area contributed by atoms with Crippen LogP contribution in [0.1, 0.15) is 19.4 Å². The number of carbonyl (C=O) groups is 1. The van der Waals surface area contributed by atoms with E-state index in [0.29, 0.717) is 12.5 Å². The van der Waals surface area contributed by atoms with Crippen molar-refractivity contribution in [3.8, 4) is 0 Å². The van der Waals surface area contributed by atoms with Gasteiger partial charge in [-0.1, -0.05) is 49.4 Å². The molecule has 0 radical (unpaired) electrons. The van der Waals surface area contributed by atoms with Crippen LogP contribution in [0.15, 0.2) is 54.6 Å². The van der Waals surface area contributed by atoms with E-state index in [1.54, 1.807) is 0 Å². The van der Waals surface area contributed by atoms with Crippen molar-refractivity contribution < 1.29 is 4.79 Å². The molecule has 25 heavy (non-hydrogen) atoms. The van der Waals surface area contributed by atoms with Gasteiger partial charge in [0.05, 0.1) is 6.54 Å². The van der Waals surface area contributed by atoms with Crippen LogP contribution in [0.5, 0.6) is 0 Å². The number of fused-ring (bicyclic) bond motifs is 1. The van der Waals surface area contributed by atoms with Crippen LogP contribution in [0.4, 0.5) is 5.69 Å². The van der Waals surface area contributed by atoms with Crippen LogP contribution in [0.2, 0.25) is 5.02 Å². The number of nitrogens with zero attached hydrogens (tertiary/aromatic N) is 1. The number of hydrogen-bond acceptors (Lipinski definition) is 2. The first-order valence-electron chi connectivity index (χ1n) is 7.99. The lowest BCUT2D eigenvalue weighted by Crippen LogP contribution is -2.34. The second kappa shape index (κ2) is 7.77. The normalized spacial score (nSPS) is 23.8. The van der Waals surface area contributed by atoms with Gasteiger partial charge in [0.1, 0.15) is 0 Å². The molecule has 1 aliphatic heterocycles. The predicted octanol–water partition coefficient (Wildman–Crippen LogP) is 4.61. The minimum atomic E-state index is 0. The maximum absolute atomic E-state index is 12.2. The van der Waals surface area contributed by atoms with Crippen LogP contribution < -0.4 is 5.32 Å². The molecule has 1 saturated carbocycles. The largest absolute Gasteiger partial charge is 0.325 e. The van der Waals surface area contributed by atoms with Gasteiger partial charge >= 0.3 is 0 Å². The van der Waals surface area contributed by atoms with Gasteiger partial charge < -0.3 is 5.32 Å². The highest BCUT2D eigenvalue weighted by Gasteiger charge is 2.60. The molecule has 1 N–H and O–H groups in total. The van der Waals surface area contributed by atoms with Crippen LogP contribution in [-0.4, -0.2) is 30.4 Å². The van der Waals surface area contributed by atoms with Gasteiger partial charge in [-0.05, 0) is 42.2 Å². The standard InChI is InChI=1S/C19H19ClN2O.CH4.ClH/c20-16-8-6-14(7-9-16)19-10-15(19)11-22(13-19)12-18(23)21-17-4-2-1-3-5-17;;/h1-9,15H,10-13H2,(H,21,23);1H4;1H. The summed E-state index contributed by atoms with van der Waals surface area (Å²) in [7, 11) is 0. The maximum atomic E-state index is 12.2. The zero-order chi connectivity index (χ0) is 15.9. The molecule has 1 heterocycles. The Morgan fingerprint density at radius 3 is 2.52 bits per heavy atom. The van der Waals surface area contributed by atoms with E-state index < -0.39 is 0 Å². The lowest BCUT2D eigenvalue weighted by Gasteiger charge is -2.20. The lowest BCUT2D eigenvalue weighted by molar-refractivity contribution is -0.117. The molecule has 134 valence electrons. The molecule has 0 spiro atoms. The van der Waals surface area contributed by atoms with Gasteiger partial charge in [-0.2, -0.15) is 0 Å². The average molecular weight is 379 g/mol. The Morgan fingerprint density at radius 1 is 1.16 bits per heavy atom. The van der Waals surface area contributed by atoms with Gasteiger partial charge in [0, 0.05) is 29.2 Å². The number of halogens is 2. The van der Waals surface area contributed by atoms with Crippen molar-refractivity contribution in [2.45, 2.75) is 19.3 Å². The molecule has 2 unspecified atom stereocenters. The minimum absolute atomic E-state index is 0. The second-order valence-corrected chi connectivity index (χ2v) is 7.08. The summed E-state index contributed by atoms with van der Waals surface area (Å²) in [6.45, 7) is 2.42. The molecule has 2 atom stereocenters. The fourth-order valence-corrected chi connectivity index (χ4v) is 3.99. The van der Waals surface area contributed by atoms with Crippen molar-refractivity contribution in [1.82, 2.24) is 4.90 Å². The number of nitrogens with one attached hydrogen (secondary N) is 1. The number of piperidine rings is 1. The summed E-state index contributed by atoms with van der Waals surface area (Å²) in [5.41, 5.74) is 2.46. The maximum Gasteiger partial charge on any atom is 0.238 e. The summed E-state index contributed by atoms with van der Waals surface area (Å²) in [5, 5.41) is 3.74. The smallest absolute Gasteiger partial charge is 0.238 e. The van der Waals surface area contributed by atoms with E-state index in [4.69, 9.17) is 11.6 Å². The Morgan fingerprint density at radius 2 is 1.84 bits per heavy atom. The van der Waals surface area contributed by atoms with Gasteiger partial charge in [0.2, 0.25) is 5.91 Å². The first-order chi connectivity index (χ1) is 11.2. The number of carbonyl (C=O) groups excluding carboxylic acids is 1. The van der Waals surface area contributed by atoms with Gasteiger partial charge in [0.15, 0.2) is 0 Å². The van der Waals surface area contributed by atoms with Gasteiger partial charge in [0.25, 0.3) is 0 Å². The number of likely N-dealkylation sites (tertiary alicyclic amines) is 1. The van der Waals surface area contributed by atoms with Gasteiger partial charge in [-0.15, -0.1) is 12.4 Å². The van der Waals surface area contributed by atoms with Crippen LogP contribution in [0.25, 0.3) is 0 Å². The average Bonchev–Trinajstić information content (AvgIpc) is 3.11. The molecular formula is C20H24Cl2N2O. The lowest BCUT2D eigenvalue weighted by atomic mass is 9.95. The molecular weight excluding hydrogens is 355 g/mol. The zero-order valence-electron chi connectivity index (χ0n) is 13.2. The number of anilines is 1. The molecule has 0 aromatic heterocycles. The molecule has 5 heteroatoms. The van der Waals surface area contributed by atoms with Crippen molar-refractivity contribution in [1.29, 1.82) is 0 Å². The van der Waals surface area contributed by atoms with Crippen LogP contribution in [0.3, 0.4) is 0 Å². The van der Waals surface area contributed by atoms with E-state index in [2.05, 4.69) is 22.3 Å². The summed E-state index contributed by atoms with van der Waals surface area (Å²) in [5.74, 6) is 0.733. The first kappa shape index (κ1) is 19.8. The Bertz CT molecular complexity index is 720. The first-order valence-corrected chi connectivity index (χ1v) is 8.37. The molecule has 2 fully saturated rings. The topological polar surface area (TPSA) is 32.3 Å². The number of amides is 1. The summed E-state index contributed by atoms with van der Waals surface area (Å²) < 4.78 is 0. The van der Waals surface area contributed by atoms with Crippen molar-refractivity contribution in [3.63, 3.8) is 0 Å². The number of rotatable bonds is 4. The highest BCUT2D eigenvalue weighted by Crippen LogP contribution is 2.58. The summed E-state index contributed by atoms with van der Waals surface area (Å²) in [4.78, 5) is 14.5. The number of para-hydroxylation sites is 1. The van der Waals surface area contributed by atoms with Crippen molar-refractivity contribution in [2.75, 3.05) is 25.0 Å². The van der Waals surface area contributed by atoms with E-state index in [9.17, 15) is 4.79 Å². The molecule has 1 amide bonds. The third kappa shape index (κ3) is 4.00. The summed E-state index contributed by atoms with van der Waals surface area (Å²) in [6.07, 6.45) is 1.23.